The molecule has 0 unspecified atom stereocenters. The predicted octanol–water partition coefficient (Wildman–Crippen LogP) is 11.7. The van der Waals surface area contributed by atoms with Crippen LogP contribution >= 0.6 is 11.8 Å². The third-order valence-electron chi connectivity index (χ3n) is 8.80. The molecule has 0 amide bonds. The van der Waals surface area contributed by atoms with Gasteiger partial charge >= 0.3 is 0 Å². The van der Waals surface area contributed by atoms with E-state index in [1.807, 2.05) is 11.8 Å². The minimum Gasteiger partial charge on any atom is -0.311 e. The molecule has 0 saturated carbocycles. The van der Waals surface area contributed by atoms with Crippen LogP contribution < -0.4 is 4.90 Å². The largest absolute Gasteiger partial charge is 0.311 e. The van der Waals surface area contributed by atoms with Gasteiger partial charge in [0, 0.05) is 26.9 Å². The highest BCUT2D eigenvalue weighted by atomic mass is 32.2. The molecule has 0 aliphatic carbocycles. The SMILES string of the molecule is c1ccc(N(c2ccccc2)c2ccc(-c3cccc4c3Sc3ccccc3C4(c3ccccc3)c3ccccc3)cc2)cc1. The second kappa shape index (κ2) is 11.6. The number of benzene rings is 7. The van der Waals surface area contributed by atoms with E-state index in [1.54, 1.807) is 0 Å². The number of nitrogens with zero attached hydrogens (tertiary/aromatic N) is 1. The highest BCUT2D eigenvalue weighted by Crippen LogP contribution is 2.57. The molecule has 0 N–H and O–H groups in total. The maximum Gasteiger partial charge on any atom is 0.0723 e. The lowest BCUT2D eigenvalue weighted by Crippen LogP contribution is -2.34. The van der Waals surface area contributed by atoms with E-state index in [0.29, 0.717) is 0 Å². The second-order valence-electron chi connectivity index (χ2n) is 11.3. The summed E-state index contributed by atoms with van der Waals surface area (Å²) in [6, 6.07) is 68.0. The molecule has 8 rings (SSSR count). The first kappa shape index (κ1) is 27.3. The van der Waals surface area contributed by atoms with Gasteiger partial charge in [0.2, 0.25) is 0 Å². The van der Waals surface area contributed by atoms with Gasteiger partial charge < -0.3 is 4.90 Å². The molecule has 0 fully saturated rings. The van der Waals surface area contributed by atoms with E-state index in [1.165, 1.54) is 43.2 Å². The molecular formula is C43H31NS. The van der Waals surface area contributed by atoms with E-state index >= 15 is 0 Å². The van der Waals surface area contributed by atoms with Crippen molar-refractivity contribution in [2.75, 3.05) is 4.90 Å². The fourth-order valence-electron chi connectivity index (χ4n) is 6.85. The Hall–Kier alpha value is -5.31. The Morgan fingerprint density at radius 1 is 0.378 bits per heavy atom. The topological polar surface area (TPSA) is 3.24 Å². The summed E-state index contributed by atoms with van der Waals surface area (Å²) in [6.07, 6.45) is 0. The van der Waals surface area contributed by atoms with Crippen LogP contribution in [0.2, 0.25) is 0 Å². The number of para-hydroxylation sites is 2. The quantitative estimate of drug-likeness (QED) is 0.189. The van der Waals surface area contributed by atoms with Gasteiger partial charge in [0.1, 0.15) is 0 Å². The van der Waals surface area contributed by atoms with Crippen LogP contribution in [0.1, 0.15) is 22.3 Å². The highest BCUT2D eigenvalue weighted by molar-refractivity contribution is 7.99. The zero-order valence-corrected chi connectivity index (χ0v) is 25.6. The highest BCUT2D eigenvalue weighted by Gasteiger charge is 2.44. The van der Waals surface area contributed by atoms with Crippen molar-refractivity contribution < 1.29 is 0 Å². The van der Waals surface area contributed by atoms with E-state index in [0.717, 1.165) is 17.1 Å². The summed E-state index contributed by atoms with van der Waals surface area (Å²) >= 11 is 1.89. The van der Waals surface area contributed by atoms with Gasteiger partial charge in [-0.05, 0) is 75.8 Å². The summed E-state index contributed by atoms with van der Waals surface area (Å²) < 4.78 is 0. The first-order valence-corrected chi connectivity index (χ1v) is 16.2. The van der Waals surface area contributed by atoms with E-state index < -0.39 is 5.41 Å². The standard InChI is InChI=1S/C43H31NS/c1-5-16-33(17-6-1)43(34-18-7-2-8-19-34)39-25-13-14-27-41(39)45-42-38(24-15-26-40(42)43)32-28-30-37(31-29-32)44(35-20-9-3-10-21-35)36-22-11-4-12-23-36/h1-31H. The Morgan fingerprint density at radius 3 is 1.42 bits per heavy atom. The minimum absolute atomic E-state index is 0.437. The zero-order chi connectivity index (χ0) is 30.1. The molecule has 1 nitrogen and oxygen atoms in total. The lowest BCUT2D eigenvalue weighted by Gasteiger charge is -2.42. The molecule has 0 bridgehead atoms. The molecule has 0 atom stereocenters. The van der Waals surface area contributed by atoms with Crippen LogP contribution in [0, 0.1) is 0 Å². The Morgan fingerprint density at radius 2 is 0.844 bits per heavy atom. The Balaban J connectivity index is 1.31. The fourth-order valence-corrected chi connectivity index (χ4v) is 8.17. The number of hydrogen-bond donors (Lipinski definition) is 0. The van der Waals surface area contributed by atoms with Gasteiger partial charge in [-0.25, -0.2) is 0 Å². The summed E-state index contributed by atoms with van der Waals surface area (Å²) in [7, 11) is 0. The molecule has 2 heteroatoms. The van der Waals surface area contributed by atoms with Crippen molar-refractivity contribution in [1.82, 2.24) is 0 Å². The lowest BCUT2D eigenvalue weighted by molar-refractivity contribution is 0.703. The Bertz CT molecular complexity index is 1980. The minimum atomic E-state index is -0.437. The summed E-state index contributed by atoms with van der Waals surface area (Å²) in [5.74, 6) is 0. The van der Waals surface area contributed by atoms with E-state index in [4.69, 9.17) is 0 Å². The van der Waals surface area contributed by atoms with Crippen molar-refractivity contribution in [2.45, 2.75) is 15.2 Å². The number of anilines is 3. The van der Waals surface area contributed by atoms with Crippen LogP contribution in [0.3, 0.4) is 0 Å². The van der Waals surface area contributed by atoms with Crippen molar-refractivity contribution in [3.63, 3.8) is 0 Å². The monoisotopic (exact) mass is 593 g/mol. The third-order valence-corrected chi connectivity index (χ3v) is 10.0. The molecule has 0 saturated heterocycles. The van der Waals surface area contributed by atoms with E-state index in [-0.39, 0.29) is 0 Å². The molecule has 214 valence electrons. The third kappa shape index (κ3) is 4.66. The van der Waals surface area contributed by atoms with Crippen LogP contribution in [0.5, 0.6) is 0 Å². The predicted molar refractivity (Wildman–Crippen MR) is 189 cm³/mol. The van der Waals surface area contributed by atoms with Gasteiger partial charge in [0.05, 0.1) is 5.41 Å². The second-order valence-corrected chi connectivity index (χ2v) is 12.4. The van der Waals surface area contributed by atoms with Gasteiger partial charge in [0.15, 0.2) is 0 Å². The van der Waals surface area contributed by atoms with Crippen molar-refractivity contribution in [3.8, 4) is 11.1 Å². The molecule has 45 heavy (non-hydrogen) atoms. The summed E-state index contributed by atoms with van der Waals surface area (Å²) in [4.78, 5) is 4.91. The molecule has 0 radical (unpaired) electrons. The Labute approximate surface area is 269 Å². The van der Waals surface area contributed by atoms with Crippen LogP contribution in [-0.2, 0) is 5.41 Å². The Kier molecular flexibility index (Phi) is 7.05. The summed E-state index contributed by atoms with van der Waals surface area (Å²) in [5.41, 5.74) is 10.6. The van der Waals surface area contributed by atoms with Crippen molar-refractivity contribution in [2.24, 2.45) is 0 Å². The normalized spacial score (nSPS) is 13.0. The molecule has 1 heterocycles. The average molecular weight is 594 g/mol. The molecule has 7 aromatic rings. The van der Waals surface area contributed by atoms with Gasteiger partial charge in [0.25, 0.3) is 0 Å². The molecule has 0 aromatic heterocycles. The van der Waals surface area contributed by atoms with Crippen LogP contribution in [0.4, 0.5) is 17.1 Å². The molecule has 7 aromatic carbocycles. The molecular weight excluding hydrogens is 563 g/mol. The first-order valence-electron chi connectivity index (χ1n) is 15.4. The zero-order valence-electron chi connectivity index (χ0n) is 24.8. The van der Waals surface area contributed by atoms with Gasteiger partial charge in [-0.3, -0.25) is 0 Å². The smallest absolute Gasteiger partial charge is 0.0723 e. The molecule has 1 aliphatic rings. The van der Waals surface area contributed by atoms with Crippen LogP contribution in [0.25, 0.3) is 11.1 Å². The van der Waals surface area contributed by atoms with Gasteiger partial charge in [-0.15, -0.1) is 0 Å². The van der Waals surface area contributed by atoms with Crippen molar-refractivity contribution >= 4 is 28.8 Å². The summed E-state index contributed by atoms with van der Waals surface area (Å²) in [5, 5.41) is 0. The number of hydrogen-bond acceptors (Lipinski definition) is 2. The molecule has 1 aliphatic heterocycles. The van der Waals surface area contributed by atoms with Crippen molar-refractivity contribution in [3.05, 3.63) is 210 Å². The van der Waals surface area contributed by atoms with Gasteiger partial charge in [-0.1, -0.05) is 157 Å². The fraction of sp³-hybridized carbons (Fsp3) is 0.0233. The average Bonchev–Trinajstić information content (AvgIpc) is 3.12. The van der Waals surface area contributed by atoms with E-state index in [9.17, 15) is 0 Å². The maximum absolute atomic E-state index is 2.34. The van der Waals surface area contributed by atoms with Gasteiger partial charge in [-0.2, -0.15) is 0 Å². The van der Waals surface area contributed by atoms with Crippen LogP contribution in [-0.4, -0.2) is 0 Å². The maximum atomic E-state index is 2.34. The first-order chi connectivity index (χ1) is 22.3. The molecule has 0 spiro atoms. The van der Waals surface area contributed by atoms with Crippen LogP contribution in [0.15, 0.2) is 198 Å². The number of rotatable bonds is 6. The van der Waals surface area contributed by atoms with Crippen molar-refractivity contribution in [1.29, 1.82) is 0 Å². The summed E-state index contributed by atoms with van der Waals surface area (Å²) in [6.45, 7) is 0. The lowest BCUT2D eigenvalue weighted by atomic mass is 9.64. The van der Waals surface area contributed by atoms with E-state index in [2.05, 4.69) is 193 Å². The number of fused-ring (bicyclic) bond motifs is 2.